The molecule has 1 atom stereocenters. The van der Waals surface area contributed by atoms with Gasteiger partial charge in [-0.2, -0.15) is 0 Å². The van der Waals surface area contributed by atoms with E-state index in [1.807, 2.05) is 0 Å². The van der Waals surface area contributed by atoms with E-state index >= 15 is 0 Å². The molecule has 0 aliphatic rings. The molecule has 4 nitrogen and oxygen atoms in total. The summed E-state index contributed by atoms with van der Waals surface area (Å²) in [6.07, 6.45) is 0.430. The highest BCUT2D eigenvalue weighted by molar-refractivity contribution is 7.15. The fraction of sp³-hybridized carbons (Fsp3) is 0.500. The number of aliphatic hydroxyl groups excluding tert-OH is 1. The van der Waals surface area contributed by atoms with Crippen molar-refractivity contribution in [2.24, 2.45) is 0 Å². The largest absolute Gasteiger partial charge is 0.466 e. The van der Waals surface area contributed by atoms with Gasteiger partial charge in [0, 0.05) is 0 Å². The molecule has 1 unspecified atom stereocenters. The number of aromatic nitrogens is 1. The molecule has 1 aromatic heterocycles. The average Bonchev–Trinajstić information content (AvgIpc) is 2.52. The molecule has 0 saturated carbocycles. The number of carbonyl (C=O) groups is 1. The molecule has 1 N–H and O–H groups in total. The summed E-state index contributed by atoms with van der Waals surface area (Å²) in [5.74, 6) is -0.439. The van der Waals surface area contributed by atoms with Gasteiger partial charge in [0.1, 0.15) is 15.4 Å². The number of hydrogen-bond donors (Lipinski definition) is 1. The number of thiazole rings is 1. The van der Waals surface area contributed by atoms with E-state index in [1.165, 1.54) is 6.20 Å². The molecule has 1 heterocycles. The van der Waals surface area contributed by atoms with Crippen LogP contribution in [-0.4, -0.2) is 22.7 Å². The molecular weight excluding hydrogens is 226 g/mol. The molecule has 0 aliphatic heterocycles. The second kappa shape index (κ2) is 5.29. The minimum absolute atomic E-state index is 0.0856. The second-order valence-corrected chi connectivity index (χ2v) is 4.22. The highest BCUT2D eigenvalue weighted by Crippen LogP contribution is 2.25. The fourth-order valence-corrected chi connectivity index (χ4v) is 1.80. The van der Waals surface area contributed by atoms with Gasteiger partial charge in [0.05, 0.1) is 19.2 Å². The van der Waals surface area contributed by atoms with Gasteiger partial charge in [-0.1, -0.05) is 11.6 Å². The molecular formula is C8H10ClNO3S. The van der Waals surface area contributed by atoms with Crippen molar-refractivity contribution in [3.05, 3.63) is 15.5 Å². The van der Waals surface area contributed by atoms with E-state index < -0.39 is 12.1 Å². The van der Waals surface area contributed by atoms with Gasteiger partial charge in [0.2, 0.25) is 0 Å². The van der Waals surface area contributed by atoms with Gasteiger partial charge in [-0.25, -0.2) is 4.98 Å². The van der Waals surface area contributed by atoms with Crippen LogP contribution in [0.3, 0.4) is 0 Å². The number of carbonyl (C=O) groups excluding carboxylic acids is 1. The van der Waals surface area contributed by atoms with Gasteiger partial charge in [-0.15, -0.1) is 11.3 Å². The lowest BCUT2D eigenvalue weighted by Crippen LogP contribution is -2.09. The Morgan fingerprint density at radius 1 is 1.86 bits per heavy atom. The first-order valence-electron chi connectivity index (χ1n) is 4.08. The monoisotopic (exact) mass is 235 g/mol. The summed E-state index contributed by atoms with van der Waals surface area (Å²) in [5, 5.41) is 9.95. The van der Waals surface area contributed by atoms with Crippen LogP contribution in [0.1, 0.15) is 24.5 Å². The molecule has 6 heteroatoms. The number of aliphatic hydroxyl groups is 1. The Morgan fingerprint density at radius 2 is 2.57 bits per heavy atom. The van der Waals surface area contributed by atoms with Gasteiger partial charge in [-0.3, -0.25) is 4.79 Å². The zero-order chi connectivity index (χ0) is 10.6. The van der Waals surface area contributed by atoms with Crippen LogP contribution in [0.15, 0.2) is 6.20 Å². The number of hydrogen-bond acceptors (Lipinski definition) is 5. The van der Waals surface area contributed by atoms with E-state index in [4.69, 9.17) is 11.6 Å². The minimum Gasteiger partial charge on any atom is -0.466 e. The highest BCUT2D eigenvalue weighted by atomic mass is 35.5. The Bertz CT molecular complexity index is 315. The van der Waals surface area contributed by atoms with E-state index in [0.29, 0.717) is 16.0 Å². The Balaban J connectivity index is 2.50. The van der Waals surface area contributed by atoms with Crippen LogP contribution in [0.4, 0.5) is 0 Å². The van der Waals surface area contributed by atoms with Gasteiger partial charge in [0.25, 0.3) is 0 Å². The van der Waals surface area contributed by atoms with Gasteiger partial charge >= 0.3 is 5.97 Å². The zero-order valence-corrected chi connectivity index (χ0v) is 9.14. The average molecular weight is 236 g/mol. The van der Waals surface area contributed by atoms with Crippen molar-refractivity contribution in [2.45, 2.75) is 19.4 Å². The number of esters is 1. The predicted octanol–water partition coefficient (Wildman–Crippen LogP) is 1.78. The molecule has 0 bridgehead atoms. The number of rotatable bonds is 4. The first-order valence-corrected chi connectivity index (χ1v) is 5.27. The van der Waals surface area contributed by atoms with Gasteiger partial charge in [-0.05, 0) is 6.92 Å². The SMILES string of the molecule is CCOC(=O)CC(O)c1ncc(Cl)s1. The summed E-state index contributed by atoms with van der Waals surface area (Å²) in [4.78, 5) is 14.9. The first kappa shape index (κ1) is 11.4. The van der Waals surface area contributed by atoms with Crippen LogP contribution in [0.2, 0.25) is 4.34 Å². The predicted molar refractivity (Wildman–Crippen MR) is 53.3 cm³/mol. The molecule has 0 amide bonds. The summed E-state index contributed by atoms with van der Waals surface area (Å²) in [6, 6.07) is 0. The fourth-order valence-electron chi connectivity index (χ4n) is 0.886. The Hall–Kier alpha value is -0.650. The molecule has 0 spiro atoms. The molecule has 0 saturated heterocycles. The molecule has 1 rings (SSSR count). The maximum absolute atomic E-state index is 11.0. The van der Waals surface area contributed by atoms with Crippen LogP contribution < -0.4 is 0 Å². The minimum atomic E-state index is -0.924. The third kappa shape index (κ3) is 3.25. The van der Waals surface area contributed by atoms with E-state index in [1.54, 1.807) is 6.92 Å². The quantitative estimate of drug-likeness (QED) is 0.809. The summed E-state index contributed by atoms with van der Waals surface area (Å²) in [6.45, 7) is 2.02. The summed E-state index contributed by atoms with van der Waals surface area (Å²) >= 11 is 6.78. The Morgan fingerprint density at radius 3 is 3.07 bits per heavy atom. The summed E-state index contributed by atoms with van der Waals surface area (Å²) in [5.41, 5.74) is 0. The van der Waals surface area contributed by atoms with Crippen LogP contribution in [-0.2, 0) is 9.53 Å². The lowest BCUT2D eigenvalue weighted by Gasteiger charge is -2.05. The van der Waals surface area contributed by atoms with Crippen LogP contribution in [0, 0.1) is 0 Å². The molecule has 0 aromatic carbocycles. The van der Waals surface area contributed by atoms with Crippen LogP contribution in [0.5, 0.6) is 0 Å². The van der Waals surface area contributed by atoms with Crippen molar-refractivity contribution >= 4 is 28.9 Å². The zero-order valence-electron chi connectivity index (χ0n) is 7.57. The second-order valence-electron chi connectivity index (χ2n) is 2.53. The van der Waals surface area contributed by atoms with E-state index in [9.17, 15) is 9.90 Å². The number of nitrogens with zero attached hydrogens (tertiary/aromatic N) is 1. The molecule has 0 radical (unpaired) electrons. The topological polar surface area (TPSA) is 59.4 Å². The molecule has 1 aromatic rings. The standard InChI is InChI=1S/C8H10ClNO3S/c1-2-13-7(12)3-5(11)8-10-4-6(9)14-8/h4-5,11H,2-3H2,1H3. The van der Waals surface area contributed by atoms with E-state index in [2.05, 4.69) is 9.72 Å². The lowest BCUT2D eigenvalue weighted by molar-refractivity contribution is -0.145. The number of halogens is 1. The van der Waals surface area contributed by atoms with E-state index in [-0.39, 0.29) is 6.42 Å². The summed E-state index contributed by atoms with van der Waals surface area (Å²) in [7, 11) is 0. The van der Waals surface area contributed by atoms with Crippen molar-refractivity contribution in [1.29, 1.82) is 0 Å². The summed E-state index contributed by atoms with van der Waals surface area (Å²) < 4.78 is 5.17. The Kier molecular flexibility index (Phi) is 4.31. The van der Waals surface area contributed by atoms with Crippen molar-refractivity contribution in [2.75, 3.05) is 6.61 Å². The lowest BCUT2D eigenvalue weighted by atomic mass is 10.3. The molecule has 0 aliphatic carbocycles. The maximum atomic E-state index is 11.0. The first-order chi connectivity index (χ1) is 6.63. The maximum Gasteiger partial charge on any atom is 0.308 e. The molecule has 14 heavy (non-hydrogen) atoms. The molecule has 78 valence electrons. The van der Waals surface area contributed by atoms with Crippen molar-refractivity contribution < 1.29 is 14.6 Å². The third-order valence-electron chi connectivity index (χ3n) is 1.45. The highest BCUT2D eigenvalue weighted by Gasteiger charge is 2.16. The number of ether oxygens (including phenoxy) is 1. The Labute approximate surface area is 90.5 Å². The van der Waals surface area contributed by atoms with E-state index in [0.717, 1.165) is 11.3 Å². The third-order valence-corrected chi connectivity index (χ3v) is 2.66. The van der Waals surface area contributed by atoms with Crippen LogP contribution in [0.25, 0.3) is 0 Å². The molecule has 0 fully saturated rings. The van der Waals surface area contributed by atoms with Crippen molar-refractivity contribution in [3.63, 3.8) is 0 Å². The van der Waals surface area contributed by atoms with Gasteiger partial charge in [0.15, 0.2) is 0 Å². The van der Waals surface area contributed by atoms with Crippen molar-refractivity contribution in [3.8, 4) is 0 Å². The normalized spacial score (nSPS) is 12.5. The van der Waals surface area contributed by atoms with Crippen LogP contribution >= 0.6 is 22.9 Å². The smallest absolute Gasteiger partial charge is 0.308 e. The van der Waals surface area contributed by atoms with Crippen molar-refractivity contribution in [1.82, 2.24) is 4.98 Å². The van der Waals surface area contributed by atoms with Gasteiger partial charge < -0.3 is 9.84 Å².